The maximum absolute atomic E-state index is 12.3. The average Bonchev–Trinajstić information content (AvgIpc) is 2.62. The molecule has 0 unspecified atom stereocenters. The van der Waals surface area contributed by atoms with Gasteiger partial charge in [-0.2, -0.15) is 0 Å². The summed E-state index contributed by atoms with van der Waals surface area (Å²) in [7, 11) is 0. The smallest absolute Gasteiger partial charge is 0.410 e. The second kappa shape index (κ2) is 16.8. The molecule has 0 fully saturated rings. The van der Waals surface area contributed by atoms with Crippen LogP contribution in [-0.2, 0) is 23.7 Å². The van der Waals surface area contributed by atoms with Gasteiger partial charge in [-0.1, -0.05) is 5.11 Å². The number of carbonyl (C=O) groups excluding carboxylic acids is 1. The molecule has 1 N–H and O–H groups in total. The van der Waals surface area contributed by atoms with E-state index in [1.165, 1.54) is 4.90 Å². The zero-order chi connectivity index (χ0) is 22.0. The van der Waals surface area contributed by atoms with Gasteiger partial charge < -0.3 is 29.0 Å². The molecule has 1 amide bonds. The third-order valence-corrected chi connectivity index (χ3v) is 3.37. The summed E-state index contributed by atoms with van der Waals surface area (Å²) >= 11 is 0. The highest BCUT2D eigenvalue weighted by Gasteiger charge is 2.21. The molecule has 0 saturated carbocycles. The summed E-state index contributed by atoms with van der Waals surface area (Å²) in [5, 5.41) is 12.1. The van der Waals surface area contributed by atoms with E-state index >= 15 is 0 Å². The van der Waals surface area contributed by atoms with E-state index < -0.39 is 17.7 Å². The van der Waals surface area contributed by atoms with Gasteiger partial charge in [0.25, 0.3) is 0 Å². The predicted molar refractivity (Wildman–Crippen MR) is 106 cm³/mol. The van der Waals surface area contributed by atoms with Gasteiger partial charge in [0.15, 0.2) is 0 Å². The van der Waals surface area contributed by atoms with Crippen LogP contribution in [0.5, 0.6) is 0 Å². The molecule has 0 aromatic heterocycles. The van der Waals surface area contributed by atoms with E-state index in [0.717, 1.165) is 0 Å². The Balaban J connectivity index is 3.95. The maximum Gasteiger partial charge on any atom is 0.410 e. The topological polar surface area (TPSA) is 143 Å². The number of carboxylic acids is 1. The average molecular weight is 418 g/mol. The lowest BCUT2D eigenvalue weighted by Crippen LogP contribution is -2.39. The fourth-order valence-electron chi connectivity index (χ4n) is 2.07. The number of amides is 1. The summed E-state index contributed by atoms with van der Waals surface area (Å²) < 4.78 is 21.4. The number of carbonyl (C=O) groups is 2. The Morgan fingerprint density at radius 3 is 2.10 bits per heavy atom. The van der Waals surface area contributed by atoms with Crippen LogP contribution < -0.4 is 0 Å². The van der Waals surface area contributed by atoms with Crippen molar-refractivity contribution in [2.75, 3.05) is 59.3 Å². The number of aliphatic carboxylic acids is 1. The minimum atomic E-state index is -0.849. The van der Waals surface area contributed by atoms with Crippen LogP contribution in [0.15, 0.2) is 5.11 Å². The number of nitrogens with zero attached hydrogens (tertiary/aromatic N) is 4. The summed E-state index contributed by atoms with van der Waals surface area (Å²) in [5.41, 5.74) is 7.51. The Hall–Kier alpha value is -2.07. The summed E-state index contributed by atoms with van der Waals surface area (Å²) in [6.07, 6.45) is 0.707. The molecule has 0 bridgehead atoms. The van der Waals surface area contributed by atoms with Crippen molar-refractivity contribution in [3.8, 4) is 0 Å². The van der Waals surface area contributed by atoms with Gasteiger partial charge in [0.1, 0.15) is 5.60 Å². The van der Waals surface area contributed by atoms with Crippen molar-refractivity contribution in [2.24, 2.45) is 5.11 Å². The Morgan fingerprint density at radius 1 is 0.966 bits per heavy atom. The molecule has 0 rings (SSSR count). The van der Waals surface area contributed by atoms with Crippen LogP contribution in [0.1, 0.15) is 40.0 Å². The maximum atomic E-state index is 12.3. The van der Waals surface area contributed by atoms with Gasteiger partial charge in [-0.15, -0.1) is 0 Å². The molecule has 0 spiro atoms. The highest BCUT2D eigenvalue weighted by atomic mass is 16.6. The van der Waals surface area contributed by atoms with E-state index in [1.807, 2.05) is 0 Å². The predicted octanol–water partition coefficient (Wildman–Crippen LogP) is 2.84. The van der Waals surface area contributed by atoms with E-state index in [1.54, 1.807) is 20.8 Å². The molecule has 11 heteroatoms. The molecule has 0 aromatic rings. The number of carboxylic acid groups (broad SMARTS) is 1. The van der Waals surface area contributed by atoms with Crippen LogP contribution in [0.25, 0.3) is 10.4 Å². The largest absolute Gasteiger partial charge is 0.481 e. The molecule has 0 saturated heterocycles. The van der Waals surface area contributed by atoms with Gasteiger partial charge >= 0.3 is 12.1 Å². The first-order valence-corrected chi connectivity index (χ1v) is 9.70. The normalized spacial score (nSPS) is 11.0. The second-order valence-corrected chi connectivity index (χ2v) is 7.11. The van der Waals surface area contributed by atoms with E-state index in [0.29, 0.717) is 72.1 Å². The van der Waals surface area contributed by atoms with Gasteiger partial charge in [0.05, 0.1) is 39.6 Å². The van der Waals surface area contributed by atoms with Crippen LogP contribution in [0.4, 0.5) is 4.79 Å². The third-order valence-electron chi connectivity index (χ3n) is 3.37. The standard InChI is InChI=1S/C18H34N4O7/c1-18(2,3)29-17(25)22(8-5-4-6-16(23)24)9-11-27-13-15-28-14-12-26-10-7-20-21-19/h4-15H2,1-3H3,(H,23,24). The number of hydrogen-bond donors (Lipinski definition) is 1. The molecule has 0 radical (unpaired) electrons. The molecule has 0 aliphatic carbocycles. The molecule has 0 aliphatic rings. The fraction of sp³-hybridized carbons (Fsp3) is 0.889. The molecule has 11 nitrogen and oxygen atoms in total. The zero-order valence-electron chi connectivity index (χ0n) is 17.7. The monoisotopic (exact) mass is 418 g/mol. The molecular formula is C18H34N4O7. The zero-order valence-corrected chi connectivity index (χ0v) is 17.7. The van der Waals surface area contributed by atoms with Crippen molar-refractivity contribution in [1.82, 2.24) is 4.90 Å². The molecule has 0 aliphatic heterocycles. The minimum absolute atomic E-state index is 0.0747. The lowest BCUT2D eigenvalue weighted by molar-refractivity contribution is -0.137. The van der Waals surface area contributed by atoms with Crippen molar-refractivity contribution in [3.63, 3.8) is 0 Å². The molecule has 29 heavy (non-hydrogen) atoms. The van der Waals surface area contributed by atoms with Crippen molar-refractivity contribution < 1.29 is 33.6 Å². The van der Waals surface area contributed by atoms with Gasteiger partial charge in [-0.3, -0.25) is 4.79 Å². The molecule has 168 valence electrons. The van der Waals surface area contributed by atoms with Crippen LogP contribution in [0.3, 0.4) is 0 Å². The van der Waals surface area contributed by atoms with Crippen LogP contribution in [0.2, 0.25) is 0 Å². The fourth-order valence-corrected chi connectivity index (χ4v) is 2.07. The lowest BCUT2D eigenvalue weighted by atomic mass is 10.2. The third kappa shape index (κ3) is 19.0. The highest BCUT2D eigenvalue weighted by molar-refractivity contribution is 5.68. The summed E-state index contributed by atoms with van der Waals surface area (Å²) in [4.78, 5) is 27.0. The number of ether oxygens (including phenoxy) is 4. The van der Waals surface area contributed by atoms with E-state index in [-0.39, 0.29) is 6.42 Å². The Kier molecular flexibility index (Phi) is 15.6. The second-order valence-electron chi connectivity index (χ2n) is 7.11. The van der Waals surface area contributed by atoms with Gasteiger partial charge in [0, 0.05) is 31.0 Å². The molecule has 0 heterocycles. The van der Waals surface area contributed by atoms with E-state index in [4.69, 9.17) is 29.6 Å². The van der Waals surface area contributed by atoms with Gasteiger partial charge in [0.2, 0.25) is 0 Å². The van der Waals surface area contributed by atoms with Crippen molar-refractivity contribution in [3.05, 3.63) is 10.4 Å². The van der Waals surface area contributed by atoms with Crippen LogP contribution in [0, 0.1) is 0 Å². The summed E-state index contributed by atoms with van der Waals surface area (Å²) in [6.45, 7) is 8.71. The van der Waals surface area contributed by atoms with Crippen molar-refractivity contribution >= 4 is 12.1 Å². The lowest BCUT2D eigenvalue weighted by Gasteiger charge is -2.27. The highest BCUT2D eigenvalue weighted by Crippen LogP contribution is 2.11. The number of unbranched alkanes of at least 4 members (excludes halogenated alkanes) is 1. The van der Waals surface area contributed by atoms with Crippen molar-refractivity contribution in [2.45, 2.75) is 45.6 Å². The summed E-state index contributed by atoms with van der Waals surface area (Å²) in [6, 6.07) is 0. The molecule has 0 atom stereocenters. The van der Waals surface area contributed by atoms with E-state index in [2.05, 4.69) is 10.0 Å². The Morgan fingerprint density at radius 2 is 1.55 bits per heavy atom. The molecular weight excluding hydrogens is 384 g/mol. The minimum Gasteiger partial charge on any atom is -0.481 e. The Bertz CT molecular complexity index is 505. The number of hydrogen-bond acceptors (Lipinski definition) is 7. The summed E-state index contributed by atoms with van der Waals surface area (Å²) in [5.74, 6) is -0.849. The SMILES string of the molecule is CC(C)(C)OC(=O)N(CCCCC(=O)O)CCOCCOCCOCCN=[N+]=[N-]. The molecule has 0 aromatic carbocycles. The van der Waals surface area contributed by atoms with E-state index in [9.17, 15) is 9.59 Å². The first-order chi connectivity index (χ1) is 13.8. The first kappa shape index (κ1) is 26.9. The first-order valence-electron chi connectivity index (χ1n) is 9.70. The van der Waals surface area contributed by atoms with Crippen LogP contribution >= 0.6 is 0 Å². The van der Waals surface area contributed by atoms with Crippen molar-refractivity contribution in [1.29, 1.82) is 0 Å². The van der Waals surface area contributed by atoms with Gasteiger partial charge in [-0.05, 0) is 39.1 Å². The Labute approximate surface area is 171 Å². The van der Waals surface area contributed by atoms with Gasteiger partial charge in [-0.25, -0.2) is 4.79 Å². The number of rotatable bonds is 17. The quantitative estimate of drug-likeness (QED) is 0.165. The number of azide groups is 1. The van der Waals surface area contributed by atoms with Crippen LogP contribution in [-0.4, -0.2) is 86.9 Å².